The standard InChI is InChI=1S/C22H21NO5S/c1-26-21-18(16-10-12-28-13-16)8-7-17(20(21)22(24)27-2)14-29-19-6-4-3-5-15(19)9-11-23-25/h3-13,23,25H,14H2,1-2H3/b11-9-. The first-order valence-corrected chi connectivity index (χ1v) is 9.77. The Labute approximate surface area is 173 Å². The van der Waals surface area contributed by atoms with Gasteiger partial charge in [-0.15, -0.1) is 11.8 Å². The van der Waals surface area contributed by atoms with Crippen LogP contribution in [0.25, 0.3) is 17.2 Å². The van der Waals surface area contributed by atoms with Crippen molar-refractivity contribution in [2.24, 2.45) is 0 Å². The zero-order valence-corrected chi connectivity index (χ0v) is 16.9. The third-order valence-corrected chi connectivity index (χ3v) is 5.45. The monoisotopic (exact) mass is 411 g/mol. The van der Waals surface area contributed by atoms with Crippen molar-refractivity contribution in [2.45, 2.75) is 10.6 Å². The Morgan fingerprint density at radius 3 is 2.72 bits per heavy atom. The van der Waals surface area contributed by atoms with Crippen molar-refractivity contribution in [3.8, 4) is 16.9 Å². The average molecular weight is 411 g/mol. The van der Waals surface area contributed by atoms with Crippen LogP contribution in [0.4, 0.5) is 0 Å². The van der Waals surface area contributed by atoms with E-state index in [9.17, 15) is 4.79 Å². The molecule has 2 N–H and O–H groups in total. The molecule has 7 heteroatoms. The molecule has 1 heterocycles. The minimum absolute atomic E-state index is 0.395. The minimum atomic E-state index is -0.458. The van der Waals surface area contributed by atoms with Crippen molar-refractivity contribution < 1.29 is 23.9 Å². The van der Waals surface area contributed by atoms with Gasteiger partial charge in [0.25, 0.3) is 0 Å². The number of carbonyl (C=O) groups excluding carboxylic acids is 1. The highest BCUT2D eigenvalue weighted by atomic mass is 32.2. The molecule has 0 aliphatic carbocycles. The molecular formula is C22H21NO5S. The first-order valence-electron chi connectivity index (χ1n) is 8.78. The summed E-state index contributed by atoms with van der Waals surface area (Å²) in [5, 5.41) is 8.80. The van der Waals surface area contributed by atoms with Gasteiger partial charge >= 0.3 is 5.97 Å². The van der Waals surface area contributed by atoms with Crippen LogP contribution in [0.2, 0.25) is 0 Å². The molecule has 2 aromatic carbocycles. The summed E-state index contributed by atoms with van der Waals surface area (Å²) in [4.78, 5) is 13.6. The maximum atomic E-state index is 12.6. The van der Waals surface area contributed by atoms with E-state index in [1.807, 2.05) is 47.9 Å². The first kappa shape index (κ1) is 20.6. The Bertz CT molecular complexity index is 998. The number of hydrogen-bond donors (Lipinski definition) is 2. The van der Waals surface area contributed by atoms with Gasteiger partial charge in [0.1, 0.15) is 11.3 Å². The third kappa shape index (κ3) is 4.64. The van der Waals surface area contributed by atoms with E-state index in [2.05, 4.69) is 0 Å². The highest BCUT2D eigenvalue weighted by molar-refractivity contribution is 7.98. The zero-order valence-electron chi connectivity index (χ0n) is 16.0. The smallest absolute Gasteiger partial charge is 0.341 e. The first-order chi connectivity index (χ1) is 14.2. The van der Waals surface area contributed by atoms with E-state index in [-0.39, 0.29) is 0 Å². The summed E-state index contributed by atoms with van der Waals surface area (Å²) in [5.74, 6) is 0.526. The van der Waals surface area contributed by atoms with Crippen LogP contribution in [0.5, 0.6) is 5.75 Å². The predicted molar refractivity (Wildman–Crippen MR) is 112 cm³/mol. The molecule has 0 amide bonds. The van der Waals surface area contributed by atoms with Crippen LogP contribution >= 0.6 is 11.8 Å². The van der Waals surface area contributed by atoms with Crippen LogP contribution in [0.1, 0.15) is 21.5 Å². The van der Waals surface area contributed by atoms with E-state index in [4.69, 9.17) is 19.1 Å². The second kappa shape index (κ2) is 9.86. The highest BCUT2D eigenvalue weighted by Crippen LogP contribution is 2.38. The topological polar surface area (TPSA) is 80.9 Å². The molecule has 0 radical (unpaired) electrons. The largest absolute Gasteiger partial charge is 0.495 e. The normalized spacial score (nSPS) is 10.9. The summed E-state index contributed by atoms with van der Waals surface area (Å²) in [5.41, 5.74) is 5.72. The molecule has 29 heavy (non-hydrogen) atoms. The molecule has 0 saturated heterocycles. The molecule has 0 aliphatic heterocycles. The van der Waals surface area contributed by atoms with Crippen LogP contribution in [-0.2, 0) is 10.5 Å². The SMILES string of the molecule is COC(=O)c1c(CSc2ccccc2/C=C\NO)ccc(-c2ccoc2)c1OC. The number of furan rings is 1. The third-order valence-electron chi connectivity index (χ3n) is 4.31. The van der Waals surface area contributed by atoms with Crippen molar-refractivity contribution in [3.05, 3.63) is 77.9 Å². The van der Waals surface area contributed by atoms with Crippen LogP contribution in [0.3, 0.4) is 0 Å². The van der Waals surface area contributed by atoms with Gasteiger partial charge in [-0.2, -0.15) is 0 Å². The Kier molecular flexibility index (Phi) is 6.99. The number of carbonyl (C=O) groups is 1. The Morgan fingerprint density at radius 1 is 1.21 bits per heavy atom. The lowest BCUT2D eigenvalue weighted by molar-refractivity contribution is 0.0596. The van der Waals surface area contributed by atoms with Crippen molar-refractivity contribution in [3.63, 3.8) is 0 Å². The number of esters is 1. The molecule has 0 atom stereocenters. The lowest BCUT2D eigenvalue weighted by atomic mass is 9.99. The van der Waals surface area contributed by atoms with Crippen molar-refractivity contribution in [1.29, 1.82) is 0 Å². The number of hydroxylamine groups is 1. The van der Waals surface area contributed by atoms with Crippen molar-refractivity contribution >= 4 is 23.8 Å². The summed E-state index contributed by atoms with van der Waals surface area (Å²) in [7, 11) is 2.88. The Balaban J connectivity index is 1.98. The zero-order chi connectivity index (χ0) is 20.6. The second-order valence-corrected chi connectivity index (χ2v) is 6.99. The van der Waals surface area contributed by atoms with Gasteiger partial charge in [0.15, 0.2) is 0 Å². The second-order valence-electron chi connectivity index (χ2n) is 5.97. The van der Waals surface area contributed by atoms with Gasteiger partial charge in [0, 0.05) is 28.0 Å². The number of hydrogen-bond acceptors (Lipinski definition) is 7. The van der Waals surface area contributed by atoms with Gasteiger partial charge < -0.3 is 13.9 Å². The lowest BCUT2D eigenvalue weighted by Gasteiger charge is -2.16. The number of ether oxygens (including phenoxy) is 2. The van der Waals surface area contributed by atoms with E-state index < -0.39 is 5.97 Å². The highest BCUT2D eigenvalue weighted by Gasteiger charge is 2.22. The van der Waals surface area contributed by atoms with E-state index in [1.165, 1.54) is 20.4 Å². The maximum Gasteiger partial charge on any atom is 0.341 e. The Hall–Kier alpha value is -3.16. The Morgan fingerprint density at radius 2 is 2.03 bits per heavy atom. The number of rotatable bonds is 8. The summed E-state index contributed by atoms with van der Waals surface area (Å²) >= 11 is 1.57. The quantitative estimate of drug-likeness (QED) is 0.307. The molecule has 150 valence electrons. The van der Waals surface area contributed by atoms with Gasteiger partial charge in [-0.05, 0) is 29.3 Å². The number of thioether (sulfide) groups is 1. The molecule has 0 saturated carbocycles. The average Bonchev–Trinajstić information content (AvgIpc) is 3.30. The number of methoxy groups -OCH3 is 2. The van der Waals surface area contributed by atoms with Gasteiger partial charge in [0.05, 0.1) is 26.7 Å². The van der Waals surface area contributed by atoms with E-state index >= 15 is 0 Å². The summed E-state index contributed by atoms with van der Waals surface area (Å²) in [6.45, 7) is 0. The molecule has 6 nitrogen and oxygen atoms in total. The van der Waals surface area contributed by atoms with Crippen LogP contribution in [0.15, 0.2) is 70.5 Å². The van der Waals surface area contributed by atoms with Crippen molar-refractivity contribution in [2.75, 3.05) is 14.2 Å². The van der Waals surface area contributed by atoms with Crippen LogP contribution < -0.4 is 10.2 Å². The minimum Gasteiger partial charge on any atom is -0.495 e. The fraction of sp³-hybridized carbons (Fsp3) is 0.136. The summed E-state index contributed by atoms with van der Waals surface area (Å²) in [6, 6.07) is 13.4. The number of benzene rings is 2. The van der Waals surface area contributed by atoms with Gasteiger partial charge in [-0.1, -0.05) is 30.3 Å². The number of nitrogens with one attached hydrogen (secondary N) is 1. The molecule has 0 spiro atoms. The van der Waals surface area contributed by atoms with E-state index in [0.29, 0.717) is 17.1 Å². The summed E-state index contributed by atoms with van der Waals surface area (Å²) < 4.78 is 15.8. The van der Waals surface area contributed by atoms with Crippen LogP contribution in [0, 0.1) is 0 Å². The molecular weight excluding hydrogens is 390 g/mol. The molecule has 0 aliphatic rings. The molecule has 3 rings (SSSR count). The van der Waals surface area contributed by atoms with E-state index in [1.54, 1.807) is 30.4 Å². The predicted octanol–water partition coefficient (Wildman–Crippen LogP) is 4.98. The molecule has 3 aromatic rings. The van der Waals surface area contributed by atoms with Gasteiger partial charge in [-0.3, -0.25) is 10.7 Å². The maximum absolute atomic E-state index is 12.6. The van der Waals surface area contributed by atoms with Crippen LogP contribution in [-0.4, -0.2) is 25.4 Å². The fourth-order valence-corrected chi connectivity index (χ4v) is 3.99. The molecule has 1 aromatic heterocycles. The molecule has 0 bridgehead atoms. The molecule has 0 unspecified atom stereocenters. The molecule has 0 fully saturated rings. The van der Waals surface area contributed by atoms with Gasteiger partial charge in [0.2, 0.25) is 0 Å². The van der Waals surface area contributed by atoms with Crippen molar-refractivity contribution in [1.82, 2.24) is 5.48 Å². The van der Waals surface area contributed by atoms with Gasteiger partial charge in [-0.25, -0.2) is 4.79 Å². The summed E-state index contributed by atoms with van der Waals surface area (Å²) in [6.07, 6.45) is 6.39. The fourth-order valence-electron chi connectivity index (χ4n) is 2.96. The van der Waals surface area contributed by atoms with E-state index in [0.717, 1.165) is 27.1 Å². The lowest BCUT2D eigenvalue weighted by Crippen LogP contribution is -2.09.